The van der Waals surface area contributed by atoms with E-state index in [0.29, 0.717) is 6.10 Å². The van der Waals surface area contributed by atoms with Crippen LogP contribution in [-0.2, 0) is 4.74 Å². The Hall–Kier alpha value is -1.81. The van der Waals surface area contributed by atoms with Gasteiger partial charge in [-0.05, 0) is 37.1 Å². The second-order valence-electron chi connectivity index (χ2n) is 5.00. The third kappa shape index (κ3) is 2.24. The molecule has 0 radical (unpaired) electrons. The van der Waals surface area contributed by atoms with Gasteiger partial charge in [-0.2, -0.15) is 0 Å². The minimum absolute atomic E-state index is 0.398. The summed E-state index contributed by atoms with van der Waals surface area (Å²) in [7, 11) is 1.79. The number of anilines is 2. The lowest BCUT2D eigenvalue weighted by Crippen LogP contribution is -2.36. The summed E-state index contributed by atoms with van der Waals surface area (Å²) in [5, 5.41) is 1.14. The van der Waals surface area contributed by atoms with Crippen LogP contribution in [0.25, 0.3) is 10.9 Å². The molecule has 0 spiro atoms. The number of methoxy groups -OCH3 is 1. The van der Waals surface area contributed by atoms with Crippen molar-refractivity contribution in [2.24, 2.45) is 0 Å². The first kappa shape index (κ1) is 12.2. The van der Waals surface area contributed by atoms with Gasteiger partial charge < -0.3 is 15.4 Å². The van der Waals surface area contributed by atoms with Crippen LogP contribution in [-0.4, -0.2) is 31.3 Å². The van der Waals surface area contributed by atoms with Gasteiger partial charge in [0.15, 0.2) is 0 Å². The molecule has 19 heavy (non-hydrogen) atoms. The number of ether oxygens (including phenoxy) is 1. The van der Waals surface area contributed by atoms with E-state index in [9.17, 15) is 0 Å². The van der Waals surface area contributed by atoms with Crippen LogP contribution in [0.5, 0.6) is 0 Å². The Kier molecular flexibility index (Phi) is 3.25. The number of pyridine rings is 1. The number of piperidine rings is 1. The fraction of sp³-hybridized carbons (Fsp3) is 0.400. The molecule has 1 aliphatic rings. The number of hydrogen-bond acceptors (Lipinski definition) is 4. The molecule has 0 aliphatic carbocycles. The lowest BCUT2D eigenvalue weighted by Gasteiger charge is -2.33. The van der Waals surface area contributed by atoms with Crippen molar-refractivity contribution in [3.63, 3.8) is 0 Å². The molecule has 1 saturated heterocycles. The highest BCUT2D eigenvalue weighted by Gasteiger charge is 2.20. The van der Waals surface area contributed by atoms with E-state index in [1.807, 2.05) is 12.1 Å². The number of nitrogens with zero attached hydrogens (tertiary/aromatic N) is 2. The number of benzene rings is 1. The molecular weight excluding hydrogens is 238 g/mol. The average Bonchev–Trinajstić information content (AvgIpc) is 2.48. The first-order valence-electron chi connectivity index (χ1n) is 6.70. The van der Waals surface area contributed by atoms with Crippen LogP contribution in [0.15, 0.2) is 30.5 Å². The predicted molar refractivity (Wildman–Crippen MR) is 78.4 cm³/mol. The summed E-state index contributed by atoms with van der Waals surface area (Å²) in [6.45, 7) is 2.04. The molecule has 4 heteroatoms. The lowest BCUT2D eigenvalue weighted by molar-refractivity contribution is 0.0819. The van der Waals surface area contributed by atoms with Gasteiger partial charge in [-0.3, -0.25) is 4.98 Å². The van der Waals surface area contributed by atoms with Gasteiger partial charge in [0.25, 0.3) is 0 Å². The first-order chi connectivity index (χ1) is 9.29. The highest BCUT2D eigenvalue weighted by atomic mass is 16.5. The molecule has 1 aliphatic heterocycles. The van der Waals surface area contributed by atoms with Gasteiger partial charge in [-0.25, -0.2) is 0 Å². The highest BCUT2D eigenvalue weighted by Crippen LogP contribution is 2.31. The molecule has 0 atom stereocenters. The molecule has 1 fully saturated rings. The van der Waals surface area contributed by atoms with Gasteiger partial charge in [0.1, 0.15) is 0 Å². The Morgan fingerprint density at radius 3 is 2.79 bits per heavy atom. The maximum absolute atomic E-state index is 6.00. The SMILES string of the molecule is COC1CCN(c2ccc(N)c3ncccc23)CC1. The Morgan fingerprint density at radius 2 is 2.05 bits per heavy atom. The molecule has 1 aromatic heterocycles. The summed E-state index contributed by atoms with van der Waals surface area (Å²) in [5.41, 5.74) is 8.86. The Labute approximate surface area is 113 Å². The minimum Gasteiger partial charge on any atom is -0.397 e. The largest absolute Gasteiger partial charge is 0.397 e. The van der Waals surface area contributed by atoms with Gasteiger partial charge in [0.2, 0.25) is 0 Å². The van der Waals surface area contributed by atoms with E-state index >= 15 is 0 Å². The maximum Gasteiger partial charge on any atom is 0.0951 e. The standard InChI is InChI=1S/C15H19N3O/c1-19-11-6-9-18(10-7-11)14-5-4-13(16)15-12(14)3-2-8-17-15/h2-5,8,11H,6-7,9-10,16H2,1H3. The molecule has 3 rings (SSSR count). The number of hydrogen-bond donors (Lipinski definition) is 1. The van der Waals surface area contributed by atoms with Gasteiger partial charge in [0, 0.05) is 37.5 Å². The second-order valence-corrected chi connectivity index (χ2v) is 5.00. The molecule has 0 amide bonds. The number of fused-ring (bicyclic) bond motifs is 1. The van der Waals surface area contributed by atoms with Gasteiger partial charge in [-0.15, -0.1) is 0 Å². The molecule has 4 nitrogen and oxygen atoms in total. The Balaban J connectivity index is 1.95. The fourth-order valence-corrected chi connectivity index (χ4v) is 2.79. The van der Waals surface area contributed by atoms with Crippen molar-refractivity contribution in [3.8, 4) is 0 Å². The van der Waals surface area contributed by atoms with E-state index in [1.165, 1.54) is 5.69 Å². The average molecular weight is 257 g/mol. The molecule has 0 unspecified atom stereocenters. The molecule has 2 aromatic rings. The third-order valence-corrected chi connectivity index (χ3v) is 3.89. The van der Waals surface area contributed by atoms with Crippen LogP contribution in [0, 0.1) is 0 Å². The Morgan fingerprint density at radius 1 is 1.26 bits per heavy atom. The number of nitrogens with two attached hydrogens (primary N) is 1. The highest BCUT2D eigenvalue weighted by molar-refractivity contribution is 5.98. The monoisotopic (exact) mass is 257 g/mol. The summed E-state index contributed by atoms with van der Waals surface area (Å²) < 4.78 is 5.42. The zero-order chi connectivity index (χ0) is 13.2. The van der Waals surface area contributed by atoms with E-state index in [2.05, 4.69) is 22.0 Å². The summed E-state index contributed by atoms with van der Waals surface area (Å²) >= 11 is 0. The van der Waals surface area contributed by atoms with Crippen molar-refractivity contribution in [3.05, 3.63) is 30.5 Å². The van der Waals surface area contributed by atoms with E-state index in [-0.39, 0.29) is 0 Å². The first-order valence-corrected chi connectivity index (χ1v) is 6.70. The number of aromatic nitrogens is 1. The van der Waals surface area contributed by atoms with Crippen LogP contribution in [0.1, 0.15) is 12.8 Å². The number of nitrogen functional groups attached to an aromatic ring is 1. The van der Waals surface area contributed by atoms with Crippen molar-refractivity contribution >= 4 is 22.3 Å². The lowest BCUT2D eigenvalue weighted by atomic mass is 10.0. The zero-order valence-electron chi connectivity index (χ0n) is 11.2. The summed E-state index contributed by atoms with van der Waals surface area (Å²) in [6.07, 6.45) is 4.33. The van der Waals surface area contributed by atoms with Gasteiger partial charge >= 0.3 is 0 Å². The van der Waals surface area contributed by atoms with Crippen LogP contribution in [0.2, 0.25) is 0 Å². The van der Waals surface area contributed by atoms with E-state index < -0.39 is 0 Å². The van der Waals surface area contributed by atoms with E-state index in [0.717, 1.165) is 42.5 Å². The van der Waals surface area contributed by atoms with Crippen molar-refractivity contribution in [2.45, 2.75) is 18.9 Å². The van der Waals surface area contributed by atoms with Crippen LogP contribution < -0.4 is 10.6 Å². The van der Waals surface area contributed by atoms with E-state index in [1.54, 1.807) is 13.3 Å². The van der Waals surface area contributed by atoms with Crippen LogP contribution >= 0.6 is 0 Å². The molecule has 100 valence electrons. The summed E-state index contributed by atoms with van der Waals surface area (Å²) in [4.78, 5) is 6.79. The molecule has 0 bridgehead atoms. The van der Waals surface area contributed by atoms with Crippen molar-refractivity contribution < 1.29 is 4.74 Å². The second kappa shape index (κ2) is 5.05. The van der Waals surface area contributed by atoms with E-state index in [4.69, 9.17) is 10.5 Å². The minimum atomic E-state index is 0.398. The van der Waals surface area contributed by atoms with Crippen LogP contribution in [0.3, 0.4) is 0 Å². The van der Waals surface area contributed by atoms with Crippen molar-refractivity contribution in [1.82, 2.24) is 4.98 Å². The maximum atomic E-state index is 6.00. The molecule has 2 N–H and O–H groups in total. The van der Waals surface area contributed by atoms with Crippen molar-refractivity contribution in [1.29, 1.82) is 0 Å². The topological polar surface area (TPSA) is 51.4 Å². The summed E-state index contributed by atoms with van der Waals surface area (Å²) in [5.74, 6) is 0. The van der Waals surface area contributed by atoms with Gasteiger partial charge in [0.05, 0.1) is 17.3 Å². The molecule has 2 heterocycles. The zero-order valence-corrected chi connectivity index (χ0v) is 11.2. The van der Waals surface area contributed by atoms with Crippen LogP contribution in [0.4, 0.5) is 11.4 Å². The van der Waals surface area contributed by atoms with Gasteiger partial charge in [-0.1, -0.05) is 0 Å². The molecule has 0 saturated carbocycles. The van der Waals surface area contributed by atoms with Crippen molar-refractivity contribution in [2.75, 3.05) is 30.8 Å². The smallest absolute Gasteiger partial charge is 0.0951 e. The predicted octanol–water partition coefficient (Wildman–Crippen LogP) is 2.43. The fourth-order valence-electron chi connectivity index (χ4n) is 2.79. The number of rotatable bonds is 2. The molecule has 1 aromatic carbocycles. The molecular formula is C15H19N3O. The normalized spacial score (nSPS) is 17.0. The summed E-state index contributed by atoms with van der Waals surface area (Å²) in [6, 6.07) is 8.11. The third-order valence-electron chi connectivity index (χ3n) is 3.89. The quantitative estimate of drug-likeness (QED) is 0.839. The Bertz CT molecular complexity index is 577.